The molecule has 5 nitrogen and oxygen atoms in total. The lowest BCUT2D eigenvalue weighted by Gasteiger charge is -2.33. The zero-order valence-electron chi connectivity index (χ0n) is 12.1. The maximum Gasteiger partial charge on any atom is 0.141 e. The van der Waals surface area contributed by atoms with E-state index in [1.165, 1.54) is 15.8 Å². The highest BCUT2D eigenvalue weighted by molar-refractivity contribution is 7.18. The molecule has 2 N–H and O–H groups in total. The monoisotopic (exact) mass is 292 g/mol. The minimum atomic E-state index is 0.0918. The Morgan fingerprint density at radius 2 is 2.15 bits per heavy atom. The summed E-state index contributed by atoms with van der Waals surface area (Å²) >= 11 is 1.74. The van der Waals surface area contributed by atoms with Gasteiger partial charge < -0.3 is 15.4 Å². The van der Waals surface area contributed by atoms with Crippen molar-refractivity contribution in [2.24, 2.45) is 5.73 Å². The van der Waals surface area contributed by atoms with Gasteiger partial charge in [-0.3, -0.25) is 0 Å². The first-order chi connectivity index (χ1) is 9.60. The van der Waals surface area contributed by atoms with E-state index < -0.39 is 0 Å². The fraction of sp³-hybridized carbons (Fsp3) is 0.571. The second-order valence-corrected chi connectivity index (χ2v) is 6.44. The Morgan fingerprint density at radius 1 is 1.35 bits per heavy atom. The molecule has 0 aliphatic carbocycles. The van der Waals surface area contributed by atoms with Crippen molar-refractivity contribution in [3.05, 3.63) is 16.3 Å². The lowest BCUT2D eigenvalue weighted by molar-refractivity contribution is 0.0464. The largest absolute Gasteiger partial charge is 0.373 e. The highest BCUT2D eigenvalue weighted by Gasteiger charge is 2.24. The van der Waals surface area contributed by atoms with Crippen molar-refractivity contribution in [3.8, 4) is 0 Å². The van der Waals surface area contributed by atoms with Crippen molar-refractivity contribution in [2.75, 3.05) is 31.1 Å². The Bertz CT molecular complexity index is 640. The van der Waals surface area contributed by atoms with Crippen LogP contribution in [0.2, 0.25) is 0 Å². The summed E-state index contributed by atoms with van der Waals surface area (Å²) in [6, 6.07) is 0. The third kappa shape index (κ3) is 2.28. The molecule has 6 heteroatoms. The molecule has 1 aliphatic heterocycles. The zero-order valence-corrected chi connectivity index (χ0v) is 13.0. The number of rotatable bonds is 2. The third-order valence-corrected chi connectivity index (χ3v) is 4.92. The molecule has 0 saturated carbocycles. The number of hydrogen-bond donors (Lipinski definition) is 1. The number of morpholine rings is 1. The Labute approximate surface area is 122 Å². The van der Waals surface area contributed by atoms with Crippen LogP contribution in [-0.4, -0.2) is 42.3 Å². The van der Waals surface area contributed by atoms with Crippen LogP contribution in [0.15, 0.2) is 0 Å². The summed E-state index contributed by atoms with van der Waals surface area (Å²) in [6.07, 6.45) is 0.0918. The molecule has 3 heterocycles. The van der Waals surface area contributed by atoms with Crippen LogP contribution in [0.5, 0.6) is 0 Å². The van der Waals surface area contributed by atoms with Crippen LogP contribution in [0.1, 0.15) is 16.3 Å². The van der Waals surface area contributed by atoms with Crippen LogP contribution >= 0.6 is 11.3 Å². The SMILES string of the molecule is Cc1nc(N2CCOC(CN)C2)c2c(C)c(C)sc2n1. The maximum atomic E-state index is 5.74. The molecule has 20 heavy (non-hydrogen) atoms. The van der Waals surface area contributed by atoms with E-state index >= 15 is 0 Å². The molecular formula is C14H20N4OS. The fourth-order valence-electron chi connectivity index (χ4n) is 2.62. The summed E-state index contributed by atoms with van der Waals surface area (Å²) in [4.78, 5) is 14.0. The smallest absolute Gasteiger partial charge is 0.141 e. The van der Waals surface area contributed by atoms with Crippen LogP contribution in [0.4, 0.5) is 5.82 Å². The number of nitrogens with two attached hydrogens (primary N) is 1. The molecule has 0 bridgehead atoms. The average Bonchev–Trinajstić information content (AvgIpc) is 2.73. The number of aryl methyl sites for hydroxylation is 3. The molecule has 108 valence electrons. The van der Waals surface area contributed by atoms with Crippen LogP contribution in [0, 0.1) is 20.8 Å². The van der Waals surface area contributed by atoms with E-state index in [1.807, 2.05) is 6.92 Å². The number of thiophene rings is 1. The summed E-state index contributed by atoms with van der Waals surface area (Å²) < 4.78 is 5.65. The Morgan fingerprint density at radius 3 is 2.90 bits per heavy atom. The highest BCUT2D eigenvalue weighted by Crippen LogP contribution is 2.35. The van der Waals surface area contributed by atoms with Crippen LogP contribution in [0.25, 0.3) is 10.2 Å². The third-order valence-electron chi connectivity index (χ3n) is 3.82. The number of hydrogen-bond acceptors (Lipinski definition) is 6. The van der Waals surface area contributed by atoms with E-state index in [0.29, 0.717) is 13.2 Å². The topological polar surface area (TPSA) is 64.3 Å². The van der Waals surface area contributed by atoms with Gasteiger partial charge in [0.1, 0.15) is 16.5 Å². The van der Waals surface area contributed by atoms with Gasteiger partial charge in [-0.05, 0) is 26.3 Å². The minimum Gasteiger partial charge on any atom is -0.373 e. The molecule has 1 saturated heterocycles. The predicted octanol–water partition coefficient (Wildman–Crippen LogP) is 1.78. The fourth-order valence-corrected chi connectivity index (χ4v) is 3.68. The van der Waals surface area contributed by atoms with Gasteiger partial charge in [0.15, 0.2) is 0 Å². The van der Waals surface area contributed by atoms with Crippen molar-refractivity contribution in [2.45, 2.75) is 26.9 Å². The highest BCUT2D eigenvalue weighted by atomic mass is 32.1. The molecule has 2 aromatic rings. The number of ether oxygens (including phenoxy) is 1. The van der Waals surface area contributed by atoms with E-state index in [0.717, 1.165) is 29.6 Å². The van der Waals surface area contributed by atoms with Crippen molar-refractivity contribution >= 4 is 27.4 Å². The van der Waals surface area contributed by atoms with Crippen LogP contribution in [0.3, 0.4) is 0 Å². The van der Waals surface area contributed by atoms with Gasteiger partial charge in [-0.15, -0.1) is 11.3 Å². The molecule has 0 amide bonds. The van der Waals surface area contributed by atoms with Crippen LogP contribution < -0.4 is 10.6 Å². The molecule has 1 unspecified atom stereocenters. The van der Waals surface area contributed by atoms with Crippen molar-refractivity contribution in [1.82, 2.24) is 9.97 Å². The number of anilines is 1. The predicted molar refractivity (Wildman–Crippen MR) is 82.6 cm³/mol. The van der Waals surface area contributed by atoms with E-state index in [1.54, 1.807) is 11.3 Å². The number of nitrogens with zero attached hydrogens (tertiary/aromatic N) is 3. The van der Waals surface area contributed by atoms with Gasteiger partial charge in [0, 0.05) is 24.5 Å². The normalized spacial score (nSPS) is 19.8. The van der Waals surface area contributed by atoms with Gasteiger partial charge in [0.2, 0.25) is 0 Å². The van der Waals surface area contributed by atoms with E-state index in [9.17, 15) is 0 Å². The summed E-state index contributed by atoms with van der Waals surface area (Å²) in [6.45, 7) is 9.15. The molecular weight excluding hydrogens is 272 g/mol. The lowest BCUT2D eigenvalue weighted by Crippen LogP contribution is -2.46. The average molecular weight is 292 g/mol. The molecule has 0 spiro atoms. The standard InChI is InChI=1S/C14H20N4OS/c1-8-9(2)20-14-12(8)13(16-10(3)17-14)18-4-5-19-11(6-15)7-18/h11H,4-7,15H2,1-3H3. The lowest BCUT2D eigenvalue weighted by atomic mass is 10.2. The quantitative estimate of drug-likeness (QED) is 0.914. The second kappa shape index (κ2) is 5.27. The van der Waals surface area contributed by atoms with E-state index in [4.69, 9.17) is 15.5 Å². The van der Waals surface area contributed by atoms with Crippen molar-refractivity contribution < 1.29 is 4.74 Å². The van der Waals surface area contributed by atoms with Gasteiger partial charge >= 0.3 is 0 Å². The summed E-state index contributed by atoms with van der Waals surface area (Å²) in [5.74, 6) is 1.86. The molecule has 0 aromatic carbocycles. The summed E-state index contributed by atoms with van der Waals surface area (Å²) in [5.41, 5.74) is 7.03. The summed E-state index contributed by atoms with van der Waals surface area (Å²) in [7, 11) is 0. The first-order valence-electron chi connectivity index (χ1n) is 6.91. The molecule has 1 fully saturated rings. The number of aromatic nitrogens is 2. The second-order valence-electron chi connectivity index (χ2n) is 5.23. The van der Waals surface area contributed by atoms with E-state index in [-0.39, 0.29) is 6.10 Å². The molecule has 2 aromatic heterocycles. The van der Waals surface area contributed by atoms with Gasteiger partial charge in [-0.2, -0.15) is 0 Å². The first-order valence-corrected chi connectivity index (χ1v) is 7.72. The van der Waals surface area contributed by atoms with Gasteiger partial charge in [-0.1, -0.05) is 0 Å². The molecule has 3 rings (SSSR count). The van der Waals surface area contributed by atoms with Crippen molar-refractivity contribution in [3.63, 3.8) is 0 Å². The molecule has 0 radical (unpaired) electrons. The van der Waals surface area contributed by atoms with E-state index in [2.05, 4.69) is 23.7 Å². The van der Waals surface area contributed by atoms with Crippen molar-refractivity contribution in [1.29, 1.82) is 0 Å². The Kier molecular flexibility index (Phi) is 3.62. The Hall–Kier alpha value is -1.24. The zero-order chi connectivity index (χ0) is 14.3. The Balaban J connectivity index is 2.10. The molecule has 1 aliphatic rings. The summed E-state index contributed by atoms with van der Waals surface area (Å²) in [5, 5.41) is 1.19. The number of fused-ring (bicyclic) bond motifs is 1. The first kappa shape index (κ1) is 13.7. The molecule has 1 atom stereocenters. The van der Waals surface area contributed by atoms with Gasteiger partial charge in [-0.25, -0.2) is 9.97 Å². The van der Waals surface area contributed by atoms with Gasteiger partial charge in [0.05, 0.1) is 18.1 Å². The van der Waals surface area contributed by atoms with Gasteiger partial charge in [0.25, 0.3) is 0 Å². The minimum absolute atomic E-state index is 0.0918. The maximum absolute atomic E-state index is 5.74. The van der Waals surface area contributed by atoms with Crippen LogP contribution in [-0.2, 0) is 4.74 Å².